The van der Waals surface area contributed by atoms with Crippen LogP contribution in [-0.4, -0.2) is 30.9 Å². The summed E-state index contributed by atoms with van der Waals surface area (Å²) in [6.07, 6.45) is 3.35. The lowest BCUT2D eigenvalue weighted by molar-refractivity contribution is -0.115. The van der Waals surface area contributed by atoms with Gasteiger partial charge in [0, 0.05) is 24.0 Å². The van der Waals surface area contributed by atoms with E-state index in [1.54, 1.807) is 19.3 Å². The standard InChI is InChI=1S/C23H19F2N5OS/c1-15(22(31)27-20-13-18(24)7-8-19(20)25)32-23-29-28-21(17-9-11-26-12-10-17)30(23)14-16-5-3-2-4-6-16/h2-13,15H,14H2,1H3,(H,27,31). The van der Waals surface area contributed by atoms with Crippen LogP contribution in [0, 0.1) is 11.6 Å². The number of carbonyl (C=O) groups is 1. The molecule has 6 nitrogen and oxygen atoms in total. The molecule has 0 aliphatic rings. The summed E-state index contributed by atoms with van der Waals surface area (Å²) in [5.41, 5.74) is 1.68. The molecule has 0 saturated heterocycles. The third kappa shape index (κ3) is 5.00. The van der Waals surface area contributed by atoms with Gasteiger partial charge in [0.1, 0.15) is 11.6 Å². The molecule has 0 radical (unpaired) electrons. The predicted molar refractivity (Wildman–Crippen MR) is 119 cm³/mol. The van der Waals surface area contributed by atoms with Gasteiger partial charge in [0.05, 0.1) is 17.5 Å². The van der Waals surface area contributed by atoms with Crippen LogP contribution >= 0.6 is 11.8 Å². The second-order valence-corrected chi connectivity index (χ2v) is 8.30. The van der Waals surface area contributed by atoms with Gasteiger partial charge >= 0.3 is 0 Å². The monoisotopic (exact) mass is 451 g/mol. The fraction of sp³-hybridized carbons (Fsp3) is 0.130. The Morgan fingerprint density at radius 1 is 1.06 bits per heavy atom. The first-order valence-corrected chi connectivity index (χ1v) is 10.7. The van der Waals surface area contributed by atoms with Gasteiger partial charge in [-0.1, -0.05) is 42.1 Å². The number of halogens is 2. The molecule has 2 heterocycles. The number of aromatic nitrogens is 4. The lowest BCUT2D eigenvalue weighted by Gasteiger charge is -2.14. The number of anilines is 1. The average Bonchev–Trinajstić information content (AvgIpc) is 3.19. The van der Waals surface area contributed by atoms with Crippen molar-refractivity contribution in [2.24, 2.45) is 0 Å². The molecule has 4 aromatic rings. The number of benzene rings is 2. The van der Waals surface area contributed by atoms with Crippen molar-refractivity contribution in [2.45, 2.75) is 23.9 Å². The zero-order valence-electron chi connectivity index (χ0n) is 17.1. The summed E-state index contributed by atoms with van der Waals surface area (Å²) in [6.45, 7) is 2.17. The van der Waals surface area contributed by atoms with Crippen LogP contribution in [0.5, 0.6) is 0 Å². The van der Waals surface area contributed by atoms with Crippen LogP contribution in [0.4, 0.5) is 14.5 Å². The number of amides is 1. The lowest BCUT2D eigenvalue weighted by Crippen LogP contribution is -2.23. The molecule has 162 valence electrons. The topological polar surface area (TPSA) is 72.7 Å². The summed E-state index contributed by atoms with van der Waals surface area (Å²) in [4.78, 5) is 16.7. The minimum atomic E-state index is -0.704. The average molecular weight is 452 g/mol. The van der Waals surface area contributed by atoms with E-state index in [0.29, 0.717) is 17.5 Å². The molecule has 0 spiro atoms. The van der Waals surface area contributed by atoms with E-state index in [4.69, 9.17) is 0 Å². The minimum Gasteiger partial charge on any atom is -0.323 e. The van der Waals surface area contributed by atoms with E-state index in [1.165, 1.54) is 11.8 Å². The van der Waals surface area contributed by atoms with Crippen molar-refractivity contribution in [1.29, 1.82) is 0 Å². The van der Waals surface area contributed by atoms with Crippen LogP contribution in [0.15, 0.2) is 78.2 Å². The molecule has 0 fully saturated rings. The van der Waals surface area contributed by atoms with Crippen LogP contribution in [-0.2, 0) is 11.3 Å². The van der Waals surface area contributed by atoms with Gasteiger partial charge < -0.3 is 5.32 Å². The number of carbonyl (C=O) groups excluding carboxylic acids is 1. The van der Waals surface area contributed by atoms with Gasteiger partial charge in [0.25, 0.3) is 0 Å². The van der Waals surface area contributed by atoms with Crippen molar-refractivity contribution >= 4 is 23.4 Å². The van der Waals surface area contributed by atoms with Crippen molar-refractivity contribution in [1.82, 2.24) is 19.7 Å². The molecular formula is C23H19F2N5OS. The van der Waals surface area contributed by atoms with E-state index < -0.39 is 22.8 Å². The fourth-order valence-electron chi connectivity index (χ4n) is 3.04. The number of thioether (sulfide) groups is 1. The molecule has 9 heteroatoms. The van der Waals surface area contributed by atoms with Gasteiger partial charge in [0.15, 0.2) is 11.0 Å². The highest BCUT2D eigenvalue weighted by atomic mass is 32.2. The first-order valence-electron chi connectivity index (χ1n) is 9.81. The molecule has 2 aromatic heterocycles. The molecule has 32 heavy (non-hydrogen) atoms. The molecular weight excluding hydrogens is 432 g/mol. The van der Waals surface area contributed by atoms with Gasteiger partial charge in [0.2, 0.25) is 5.91 Å². The third-order valence-electron chi connectivity index (χ3n) is 4.68. The first kappa shape index (κ1) is 21.6. The van der Waals surface area contributed by atoms with E-state index in [0.717, 1.165) is 29.3 Å². The zero-order valence-corrected chi connectivity index (χ0v) is 17.9. The summed E-state index contributed by atoms with van der Waals surface area (Å²) >= 11 is 1.19. The first-order chi connectivity index (χ1) is 15.5. The maximum absolute atomic E-state index is 13.9. The van der Waals surface area contributed by atoms with Crippen molar-refractivity contribution < 1.29 is 13.6 Å². The Labute approximate surface area is 187 Å². The van der Waals surface area contributed by atoms with Crippen LogP contribution in [0.2, 0.25) is 0 Å². The Hall–Kier alpha value is -3.59. The SMILES string of the molecule is CC(Sc1nnc(-c2ccncc2)n1Cc1ccccc1)C(=O)Nc1cc(F)ccc1F. The van der Waals surface area contributed by atoms with E-state index >= 15 is 0 Å². The van der Waals surface area contributed by atoms with Gasteiger partial charge in [-0.15, -0.1) is 10.2 Å². The highest BCUT2D eigenvalue weighted by Gasteiger charge is 2.22. The second-order valence-electron chi connectivity index (χ2n) is 6.99. The zero-order chi connectivity index (χ0) is 22.5. The maximum Gasteiger partial charge on any atom is 0.237 e. The van der Waals surface area contributed by atoms with Crippen molar-refractivity contribution in [3.8, 4) is 11.4 Å². The largest absolute Gasteiger partial charge is 0.323 e. The van der Waals surface area contributed by atoms with Crippen molar-refractivity contribution in [2.75, 3.05) is 5.32 Å². The van der Waals surface area contributed by atoms with Crippen molar-refractivity contribution in [3.05, 3.63) is 90.3 Å². The van der Waals surface area contributed by atoms with Gasteiger partial charge in [-0.2, -0.15) is 0 Å². The van der Waals surface area contributed by atoms with Gasteiger partial charge in [-0.05, 0) is 36.8 Å². The van der Waals surface area contributed by atoms with E-state index in [9.17, 15) is 13.6 Å². The smallest absolute Gasteiger partial charge is 0.237 e. The summed E-state index contributed by atoms with van der Waals surface area (Å²) in [6, 6.07) is 16.4. The Kier molecular flexibility index (Phi) is 6.55. The van der Waals surface area contributed by atoms with E-state index in [-0.39, 0.29) is 5.69 Å². The van der Waals surface area contributed by atoms with Crippen LogP contribution in [0.1, 0.15) is 12.5 Å². The molecule has 0 aliphatic heterocycles. The van der Waals surface area contributed by atoms with Crippen molar-refractivity contribution in [3.63, 3.8) is 0 Å². The Morgan fingerprint density at radius 2 is 1.81 bits per heavy atom. The minimum absolute atomic E-state index is 0.203. The highest BCUT2D eigenvalue weighted by molar-refractivity contribution is 8.00. The number of hydrogen-bond donors (Lipinski definition) is 1. The molecule has 1 unspecified atom stereocenters. The maximum atomic E-state index is 13.9. The molecule has 0 aliphatic carbocycles. The molecule has 1 N–H and O–H groups in total. The molecule has 0 bridgehead atoms. The molecule has 4 rings (SSSR count). The lowest BCUT2D eigenvalue weighted by atomic mass is 10.2. The summed E-state index contributed by atoms with van der Waals surface area (Å²) in [5, 5.41) is 11.0. The van der Waals surface area contributed by atoms with E-state index in [2.05, 4.69) is 20.5 Å². The Morgan fingerprint density at radius 3 is 2.56 bits per heavy atom. The number of pyridine rings is 1. The number of nitrogens with zero attached hydrogens (tertiary/aromatic N) is 4. The second kappa shape index (κ2) is 9.69. The Balaban J connectivity index is 1.59. The predicted octanol–water partition coefficient (Wildman–Crippen LogP) is 4.79. The van der Waals surface area contributed by atoms with Crippen LogP contribution < -0.4 is 5.32 Å². The van der Waals surface area contributed by atoms with Gasteiger partial charge in [-0.25, -0.2) is 8.78 Å². The number of nitrogens with one attached hydrogen (secondary N) is 1. The normalized spacial score (nSPS) is 11.8. The third-order valence-corrected chi connectivity index (χ3v) is 5.76. The summed E-state index contributed by atoms with van der Waals surface area (Å²) in [7, 11) is 0. The van der Waals surface area contributed by atoms with Crippen LogP contribution in [0.3, 0.4) is 0 Å². The molecule has 1 atom stereocenters. The summed E-state index contributed by atoms with van der Waals surface area (Å²) < 4.78 is 29.2. The van der Waals surface area contributed by atoms with Gasteiger partial charge in [-0.3, -0.25) is 14.3 Å². The van der Waals surface area contributed by atoms with Crippen LogP contribution in [0.25, 0.3) is 11.4 Å². The molecule has 1 amide bonds. The Bertz CT molecular complexity index is 1220. The van der Waals surface area contributed by atoms with E-state index in [1.807, 2.05) is 47.0 Å². The highest BCUT2D eigenvalue weighted by Crippen LogP contribution is 2.28. The number of rotatable bonds is 7. The fourth-order valence-corrected chi connectivity index (χ4v) is 3.89. The summed E-state index contributed by atoms with van der Waals surface area (Å²) in [5.74, 6) is -1.17. The molecule has 2 aromatic carbocycles. The number of hydrogen-bond acceptors (Lipinski definition) is 5. The quantitative estimate of drug-likeness (QED) is 0.409. The molecule has 0 saturated carbocycles.